The van der Waals surface area contributed by atoms with Crippen molar-refractivity contribution in [2.24, 2.45) is 7.05 Å². The van der Waals surface area contributed by atoms with Gasteiger partial charge >= 0.3 is 0 Å². The van der Waals surface area contributed by atoms with E-state index in [1.165, 1.54) is 4.85 Å². The summed E-state index contributed by atoms with van der Waals surface area (Å²) in [7, 11) is 1.76. The Hall–Kier alpha value is -4.54. The molecule has 0 atom stereocenters. The van der Waals surface area contributed by atoms with Gasteiger partial charge in [0.25, 0.3) is 5.91 Å². The van der Waals surface area contributed by atoms with E-state index in [0.29, 0.717) is 29.4 Å². The molecular weight excluding hydrogens is 436 g/mol. The van der Waals surface area contributed by atoms with E-state index in [4.69, 9.17) is 9.36 Å². The first-order valence-electron chi connectivity index (χ1n) is 10.7. The average Bonchev–Trinajstić information content (AvgIpc) is 3.56. The summed E-state index contributed by atoms with van der Waals surface area (Å²) < 4.78 is 7.19. The molecule has 0 radical (unpaired) electrons. The Morgan fingerprint density at radius 2 is 2.03 bits per heavy atom. The molecule has 0 bridgehead atoms. The van der Waals surface area contributed by atoms with Gasteiger partial charge in [-0.05, 0) is 28.5 Å². The minimum Gasteiger partial charge on any atom is -0.391 e. The van der Waals surface area contributed by atoms with Crippen LogP contribution in [0.5, 0.6) is 0 Å². The lowest BCUT2D eigenvalue weighted by Gasteiger charge is -2.21. The summed E-state index contributed by atoms with van der Waals surface area (Å²) in [6, 6.07) is 15.5. The number of carbonyl (C=O) groups excluding carboxylic acids is 1. The van der Waals surface area contributed by atoms with Crippen LogP contribution in [0.2, 0.25) is 0 Å². The van der Waals surface area contributed by atoms with Gasteiger partial charge in [0.1, 0.15) is 12.1 Å². The number of hydrogen-bond acceptors (Lipinski definition) is 7. The van der Waals surface area contributed by atoms with E-state index >= 15 is 0 Å². The van der Waals surface area contributed by atoms with E-state index in [1.54, 1.807) is 29.8 Å². The third-order valence-electron chi connectivity index (χ3n) is 5.63. The molecule has 34 heavy (non-hydrogen) atoms. The molecule has 0 aliphatic carbocycles. The number of aryl methyl sites for hydroxylation is 2. The quantitative estimate of drug-likeness (QED) is 0.370. The van der Waals surface area contributed by atoms with Gasteiger partial charge in [0, 0.05) is 24.9 Å². The summed E-state index contributed by atoms with van der Waals surface area (Å²) in [5.41, 5.74) is 3.71. The number of tetrazole rings is 1. The number of benzene rings is 2. The Labute approximate surface area is 194 Å². The lowest BCUT2D eigenvalue weighted by Crippen LogP contribution is -2.34. The molecule has 0 spiro atoms. The summed E-state index contributed by atoms with van der Waals surface area (Å²) >= 11 is 0. The van der Waals surface area contributed by atoms with Gasteiger partial charge in [-0.25, -0.2) is 4.52 Å². The second kappa shape index (κ2) is 8.77. The number of nitrogens with one attached hydrogen (secondary N) is 1. The first-order chi connectivity index (χ1) is 16.5. The number of anilines is 1. The zero-order chi connectivity index (χ0) is 23.7. The highest BCUT2D eigenvalue weighted by atomic mass is 16.7. The maximum absolute atomic E-state index is 13.6. The van der Waals surface area contributed by atoms with Crippen molar-refractivity contribution in [1.29, 1.82) is 0 Å². The SMILES string of the molecule is Cc1o[n+](C)c(C)c1C(=O)N(Cc1nn[nH]n1)c1ccc2c(cnn2OCc2ccccc2)c1. The molecule has 0 aliphatic rings. The van der Waals surface area contributed by atoms with E-state index in [0.717, 1.165) is 22.2 Å². The predicted octanol–water partition coefficient (Wildman–Crippen LogP) is 2.06. The third kappa shape index (κ3) is 3.98. The van der Waals surface area contributed by atoms with Crippen LogP contribution in [-0.2, 0) is 20.2 Å². The number of aromatic amines is 1. The van der Waals surface area contributed by atoms with E-state index in [9.17, 15) is 4.79 Å². The number of aromatic nitrogens is 7. The highest BCUT2D eigenvalue weighted by molar-refractivity contribution is 6.07. The summed E-state index contributed by atoms with van der Waals surface area (Å²) in [5.74, 6) is 0.695. The Morgan fingerprint density at radius 3 is 2.74 bits per heavy atom. The van der Waals surface area contributed by atoms with Gasteiger partial charge in [0.15, 0.2) is 24.2 Å². The summed E-state index contributed by atoms with van der Waals surface area (Å²) in [4.78, 5) is 22.6. The van der Waals surface area contributed by atoms with Crippen LogP contribution < -0.4 is 14.5 Å². The average molecular weight is 459 g/mol. The Balaban J connectivity index is 1.47. The van der Waals surface area contributed by atoms with Crippen LogP contribution in [0.3, 0.4) is 0 Å². The minimum absolute atomic E-state index is 0.132. The highest BCUT2D eigenvalue weighted by Gasteiger charge is 2.31. The number of amides is 1. The first-order valence-corrected chi connectivity index (χ1v) is 10.7. The van der Waals surface area contributed by atoms with Crippen LogP contribution >= 0.6 is 0 Å². The molecule has 3 aromatic heterocycles. The van der Waals surface area contributed by atoms with Crippen molar-refractivity contribution in [3.63, 3.8) is 0 Å². The van der Waals surface area contributed by atoms with Crippen LogP contribution in [0.4, 0.5) is 5.69 Å². The number of carbonyl (C=O) groups is 1. The van der Waals surface area contributed by atoms with Gasteiger partial charge in [-0.15, -0.1) is 15.3 Å². The predicted molar refractivity (Wildman–Crippen MR) is 121 cm³/mol. The zero-order valence-electron chi connectivity index (χ0n) is 19.0. The molecule has 11 nitrogen and oxygen atoms in total. The zero-order valence-corrected chi connectivity index (χ0v) is 19.0. The topological polar surface area (TPSA) is 119 Å². The van der Waals surface area contributed by atoms with Gasteiger partial charge in [0.2, 0.25) is 5.69 Å². The standard InChI is InChI=1S/C23H23N8O3/c1-15-22(16(2)34-29(15)3)23(32)30(13-21-25-27-28-26-21)19-9-10-20-18(11-19)12-24-31(20)33-14-17-7-5-4-6-8-17/h4-12H,13-14H2,1-3H3,(H,25,26,27,28)/q+1. The van der Waals surface area contributed by atoms with Gasteiger partial charge in [-0.3, -0.25) is 4.79 Å². The van der Waals surface area contributed by atoms with E-state index in [1.807, 2.05) is 55.5 Å². The van der Waals surface area contributed by atoms with Gasteiger partial charge in [0.05, 0.1) is 12.7 Å². The lowest BCUT2D eigenvalue weighted by molar-refractivity contribution is -0.850. The Morgan fingerprint density at radius 1 is 1.21 bits per heavy atom. The number of hydrogen-bond donors (Lipinski definition) is 1. The van der Waals surface area contributed by atoms with Crippen molar-refractivity contribution in [2.75, 3.05) is 4.90 Å². The fourth-order valence-corrected chi connectivity index (χ4v) is 3.82. The van der Waals surface area contributed by atoms with Crippen LogP contribution in [-0.4, -0.2) is 36.5 Å². The molecule has 1 N–H and O–H groups in total. The molecule has 0 saturated heterocycles. The molecule has 172 valence electrons. The van der Waals surface area contributed by atoms with Crippen molar-refractivity contribution < 1.29 is 18.9 Å². The number of nitrogens with zero attached hydrogens (tertiary/aromatic N) is 7. The highest BCUT2D eigenvalue weighted by Crippen LogP contribution is 2.26. The van der Waals surface area contributed by atoms with Crippen LogP contribution in [0.15, 0.2) is 59.3 Å². The maximum Gasteiger partial charge on any atom is 0.268 e. The number of H-pyrrole nitrogens is 1. The molecule has 3 heterocycles. The van der Waals surface area contributed by atoms with Crippen LogP contribution in [0.25, 0.3) is 10.9 Å². The molecule has 11 heteroatoms. The van der Waals surface area contributed by atoms with Gasteiger partial charge in [-0.1, -0.05) is 40.4 Å². The smallest absolute Gasteiger partial charge is 0.268 e. The Kier molecular flexibility index (Phi) is 5.50. The van der Waals surface area contributed by atoms with Crippen molar-refractivity contribution in [2.45, 2.75) is 27.0 Å². The van der Waals surface area contributed by atoms with Crippen molar-refractivity contribution >= 4 is 22.5 Å². The summed E-state index contributed by atoms with van der Waals surface area (Å²) in [6.07, 6.45) is 1.70. The molecule has 0 fully saturated rings. The largest absolute Gasteiger partial charge is 0.391 e. The monoisotopic (exact) mass is 459 g/mol. The van der Waals surface area contributed by atoms with E-state index in [-0.39, 0.29) is 12.5 Å². The summed E-state index contributed by atoms with van der Waals surface area (Å²) in [5, 5.41) is 19.3. The van der Waals surface area contributed by atoms with Gasteiger partial charge < -0.3 is 9.74 Å². The molecule has 0 aliphatic heterocycles. The maximum atomic E-state index is 13.6. The minimum atomic E-state index is -0.226. The van der Waals surface area contributed by atoms with Crippen LogP contribution in [0.1, 0.15) is 33.2 Å². The fraction of sp³-hybridized carbons (Fsp3) is 0.217. The normalized spacial score (nSPS) is 11.1. The first kappa shape index (κ1) is 21.3. The van der Waals surface area contributed by atoms with Crippen LogP contribution in [0, 0.1) is 13.8 Å². The molecule has 1 amide bonds. The van der Waals surface area contributed by atoms with E-state index < -0.39 is 0 Å². The van der Waals surface area contributed by atoms with E-state index in [2.05, 4.69) is 25.7 Å². The Bertz CT molecular complexity index is 1440. The summed E-state index contributed by atoms with van der Waals surface area (Å²) in [6.45, 7) is 4.13. The fourth-order valence-electron chi connectivity index (χ4n) is 3.82. The van der Waals surface area contributed by atoms with Gasteiger partial charge in [-0.2, -0.15) is 5.21 Å². The molecular formula is C23H23N8O3+. The second-order valence-corrected chi connectivity index (χ2v) is 7.84. The number of rotatable bonds is 7. The molecule has 0 unspecified atom stereocenters. The van der Waals surface area contributed by atoms with Crippen molar-refractivity contribution in [3.05, 3.63) is 83.1 Å². The molecule has 5 aromatic rings. The third-order valence-corrected chi connectivity index (χ3v) is 5.63. The lowest BCUT2D eigenvalue weighted by atomic mass is 10.1. The number of fused-ring (bicyclic) bond motifs is 1. The molecule has 0 saturated carbocycles. The van der Waals surface area contributed by atoms with Crippen molar-refractivity contribution in [3.8, 4) is 0 Å². The molecule has 2 aromatic carbocycles. The molecule has 5 rings (SSSR count). The second-order valence-electron chi connectivity index (χ2n) is 7.84. The van der Waals surface area contributed by atoms with Crippen molar-refractivity contribution in [1.82, 2.24) is 30.6 Å².